The molecule has 0 aliphatic carbocycles. The zero-order valence-electron chi connectivity index (χ0n) is 12.1. The first kappa shape index (κ1) is 16.9. The van der Waals surface area contributed by atoms with Crippen molar-refractivity contribution in [1.82, 2.24) is 0 Å². The van der Waals surface area contributed by atoms with Crippen LogP contribution in [-0.2, 0) is 9.47 Å². The first-order chi connectivity index (χ1) is 10.5. The summed E-state index contributed by atoms with van der Waals surface area (Å²) in [6.45, 7) is 2.40. The summed E-state index contributed by atoms with van der Waals surface area (Å²) in [4.78, 5) is 10.3. The second kappa shape index (κ2) is 7.71. The van der Waals surface area contributed by atoms with E-state index < -0.39 is 15.8 Å². The summed E-state index contributed by atoms with van der Waals surface area (Å²) in [5.74, 6) is -1.06. The van der Waals surface area contributed by atoms with Gasteiger partial charge in [-0.05, 0) is 32.3 Å². The minimum absolute atomic E-state index is 0.00384. The fraction of sp³-hybridized carbons (Fsp3) is 0.571. The minimum atomic E-state index is -0.772. The lowest BCUT2D eigenvalue weighted by Crippen LogP contribution is -2.29. The fourth-order valence-corrected chi connectivity index (χ4v) is 2.33. The number of hydrogen-bond donors (Lipinski definition) is 0. The Balaban J connectivity index is 1.98. The zero-order chi connectivity index (χ0) is 16.1. The van der Waals surface area contributed by atoms with E-state index in [2.05, 4.69) is 0 Å². The highest BCUT2D eigenvalue weighted by atomic mass is 35.5. The van der Waals surface area contributed by atoms with Gasteiger partial charge in [-0.2, -0.15) is 0 Å². The molecule has 2 atom stereocenters. The van der Waals surface area contributed by atoms with Crippen molar-refractivity contribution in [2.45, 2.75) is 38.6 Å². The number of nitrogens with zero attached hydrogens (tertiary/aromatic N) is 1. The van der Waals surface area contributed by atoms with Gasteiger partial charge in [0.05, 0.1) is 11.0 Å². The van der Waals surface area contributed by atoms with Gasteiger partial charge >= 0.3 is 5.69 Å². The largest absolute Gasteiger partial charge is 0.483 e. The van der Waals surface area contributed by atoms with Gasteiger partial charge in [0.15, 0.2) is 6.29 Å². The van der Waals surface area contributed by atoms with Crippen molar-refractivity contribution in [1.29, 1.82) is 0 Å². The van der Waals surface area contributed by atoms with E-state index in [1.54, 1.807) is 6.92 Å². The van der Waals surface area contributed by atoms with Crippen LogP contribution >= 0.6 is 11.6 Å². The van der Waals surface area contributed by atoms with E-state index in [-0.39, 0.29) is 30.4 Å². The Morgan fingerprint density at radius 1 is 1.55 bits per heavy atom. The van der Waals surface area contributed by atoms with Gasteiger partial charge in [-0.25, -0.2) is 4.39 Å². The molecule has 0 N–H and O–H groups in total. The highest BCUT2D eigenvalue weighted by Gasteiger charge is 2.23. The topological polar surface area (TPSA) is 70.8 Å². The van der Waals surface area contributed by atoms with E-state index >= 15 is 0 Å². The maximum Gasteiger partial charge on any atom is 0.312 e. The summed E-state index contributed by atoms with van der Waals surface area (Å²) in [6.07, 6.45) is 2.16. The van der Waals surface area contributed by atoms with Crippen LogP contribution in [0.1, 0.15) is 26.2 Å². The van der Waals surface area contributed by atoms with Crippen molar-refractivity contribution >= 4 is 17.3 Å². The van der Waals surface area contributed by atoms with Crippen LogP contribution in [-0.4, -0.2) is 30.5 Å². The lowest BCUT2D eigenvalue weighted by Gasteiger charge is -2.26. The van der Waals surface area contributed by atoms with E-state index in [1.165, 1.54) is 0 Å². The molecule has 1 aliphatic heterocycles. The molecule has 1 heterocycles. The Morgan fingerprint density at radius 2 is 2.32 bits per heavy atom. The van der Waals surface area contributed by atoms with Gasteiger partial charge in [-0.3, -0.25) is 10.1 Å². The Morgan fingerprint density at radius 3 is 2.95 bits per heavy atom. The number of ether oxygens (including phenoxy) is 3. The molecule has 1 aromatic carbocycles. The molecule has 0 saturated carbocycles. The molecule has 6 nitrogen and oxygen atoms in total. The van der Waals surface area contributed by atoms with Crippen LogP contribution in [0.5, 0.6) is 5.75 Å². The molecular formula is C14H17ClFNO5. The molecule has 8 heteroatoms. The summed E-state index contributed by atoms with van der Waals surface area (Å²) in [7, 11) is 0. The van der Waals surface area contributed by atoms with Gasteiger partial charge in [0.1, 0.15) is 17.4 Å². The molecule has 0 spiro atoms. The monoisotopic (exact) mass is 333 g/mol. The number of nitro benzene ring substituents is 1. The third-order valence-corrected chi connectivity index (χ3v) is 3.56. The smallest absolute Gasteiger partial charge is 0.312 e. The van der Waals surface area contributed by atoms with Crippen LogP contribution in [0.15, 0.2) is 12.1 Å². The van der Waals surface area contributed by atoms with Crippen molar-refractivity contribution in [2.24, 2.45) is 0 Å². The molecule has 1 fully saturated rings. The molecule has 0 radical (unpaired) electrons. The van der Waals surface area contributed by atoms with E-state index in [9.17, 15) is 14.5 Å². The highest BCUT2D eigenvalue weighted by molar-refractivity contribution is 6.32. The SMILES string of the molecule is CC(COc1c([N+](=O)[O-])ccc(F)c1Cl)O[C@H]1CCCCO1. The number of hydrogen-bond acceptors (Lipinski definition) is 5. The quantitative estimate of drug-likeness (QED) is 0.586. The average Bonchev–Trinajstić information content (AvgIpc) is 2.49. The number of rotatable bonds is 6. The molecular weight excluding hydrogens is 317 g/mol. The normalized spacial score (nSPS) is 19.7. The predicted octanol–water partition coefficient (Wildman–Crippen LogP) is 3.70. The van der Waals surface area contributed by atoms with Gasteiger partial charge < -0.3 is 14.2 Å². The van der Waals surface area contributed by atoms with Crippen molar-refractivity contribution in [3.8, 4) is 5.75 Å². The van der Waals surface area contributed by atoms with Gasteiger partial charge in [-0.15, -0.1) is 0 Å². The Labute approximate surface area is 132 Å². The second-order valence-corrected chi connectivity index (χ2v) is 5.40. The van der Waals surface area contributed by atoms with Crippen LogP contribution in [0.4, 0.5) is 10.1 Å². The molecule has 122 valence electrons. The third-order valence-electron chi connectivity index (χ3n) is 3.21. The van der Waals surface area contributed by atoms with E-state index in [0.29, 0.717) is 6.61 Å². The molecule has 22 heavy (non-hydrogen) atoms. The summed E-state index contributed by atoms with van der Waals surface area (Å²) in [6, 6.07) is 1.95. The molecule has 1 unspecified atom stereocenters. The first-order valence-electron chi connectivity index (χ1n) is 7.01. The molecule has 0 aromatic heterocycles. The maximum atomic E-state index is 13.4. The molecule has 0 bridgehead atoms. The maximum absolute atomic E-state index is 13.4. The lowest BCUT2D eigenvalue weighted by molar-refractivity contribution is -0.386. The van der Waals surface area contributed by atoms with Gasteiger partial charge in [-0.1, -0.05) is 11.6 Å². The third kappa shape index (κ3) is 4.28. The van der Waals surface area contributed by atoms with E-state index in [4.69, 9.17) is 25.8 Å². The van der Waals surface area contributed by atoms with Crippen molar-refractivity contribution in [2.75, 3.05) is 13.2 Å². The average molecular weight is 334 g/mol. The lowest BCUT2D eigenvalue weighted by atomic mass is 10.2. The number of nitro groups is 1. The van der Waals surface area contributed by atoms with E-state index in [1.807, 2.05) is 0 Å². The fourth-order valence-electron chi connectivity index (χ4n) is 2.12. The number of benzene rings is 1. The highest BCUT2D eigenvalue weighted by Crippen LogP contribution is 2.36. The van der Waals surface area contributed by atoms with E-state index in [0.717, 1.165) is 31.4 Å². The standard InChI is InChI=1S/C14H17ClFNO5/c1-9(22-12-4-2-3-7-20-12)8-21-14-11(17(18)19)6-5-10(16)13(14)15/h5-6,9,12H,2-4,7-8H2,1H3/t9?,12-/m0/s1. The summed E-state index contributed by atoms with van der Waals surface area (Å²) < 4.78 is 29.8. The van der Waals surface area contributed by atoms with Crippen LogP contribution < -0.4 is 4.74 Å². The zero-order valence-corrected chi connectivity index (χ0v) is 12.8. The van der Waals surface area contributed by atoms with Crippen LogP contribution in [0.2, 0.25) is 5.02 Å². The van der Waals surface area contributed by atoms with Gasteiger partial charge in [0.2, 0.25) is 5.75 Å². The predicted molar refractivity (Wildman–Crippen MR) is 77.7 cm³/mol. The second-order valence-electron chi connectivity index (χ2n) is 5.02. The summed E-state index contributed by atoms with van der Waals surface area (Å²) in [5.41, 5.74) is -0.382. The molecule has 1 aliphatic rings. The molecule has 0 amide bonds. The van der Waals surface area contributed by atoms with Crippen molar-refractivity contribution in [3.63, 3.8) is 0 Å². The summed E-state index contributed by atoms with van der Waals surface area (Å²) >= 11 is 5.75. The molecule has 2 rings (SSSR count). The van der Waals surface area contributed by atoms with Crippen molar-refractivity contribution in [3.05, 3.63) is 33.1 Å². The summed E-state index contributed by atoms with van der Waals surface area (Å²) in [5, 5.41) is 10.5. The Bertz CT molecular complexity index is 536. The minimum Gasteiger partial charge on any atom is -0.483 e. The van der Waals surface area contributed by atoms with Gasteiger partial charge in [0.25, 0.3) is 0 Å². The van der Waals surface area contributed by atoms with Crippen LogP contribution in [0.3, 0.4) is 0 Å². The van der Waals surface area contributed by atoms with Crippen molar-refractivity contribution < 1.29 is 23.5 Å². The van der Waals surface area contributed by atoms with Crippen LogP contribution in [0.25, 0.3) is 0 Å². The Hall–Kier alpha value is -1.44. The first-order valence-corrected chi connectivity index (χ1v) is 7.39. The Kier molecular flexibility index (Phi) is 5.93. The molecule has 1 aromatic rings. The number of halogens is 2. The van der Waals surface area contributed by atoms with Gasteiger partial charge in [0, 0.05) is 12.7 Å². The van der Waals surface area contributed by atoms with Crippen LogP contribution in [0, 0.1) is 15.9 Å². The molecule has 1 saturated heterocycles.